The Labute approximate surface area is 61.7 Å². The van der Waals surface area contributed by atoms with E-state index in [0.29, 0.717) is 6.42 Å². The summed E-state index contributed by atoms with van der Waals surface area (Å²) in [5.74, 6) is -0.139. The first-order valence-corrected chi connectivity index (χ1v) is 4.77. The maximum Gasteiger partial charge on any atom is 0.305 e. The Morgan fingerprint density at radius 3 is 1.80 bits per heavy atom. The van der Waals surface area contributed by atoms with Crippen molar-refractivity contribution in [2.45, 2.75) is 32.4 Å². The molecule has 0 fully saturated rings. The lowest BCUT2D eigenvalue weighted by molar-refractivity contribution is 0.488. The van der Waals surface area contributed by atoms with Crippen molar-refractivity contribution in [3.8, 4) is 0 Å². The number of hydrogen-bond acceptors (Lipinski definition) is 2. The Hall–Kier alpha value is -0.120. The fraction of sp³-hybridized carbons (Fsp3) is 1.00. The molecule has 0 radical (unpaired) electrons. The van der Waals surface area contributed by atoms with Crippen LogP contribution < -0.4 is 0 Å². The second kappa shape index (κ2) is 3.32. The second-order valence-corrected chi connectivity index (χ2v) is 4.22. The van der Waals surface area contributed by atoms with Crippen molar-refractivity contribution >= 4 is 10.2 Å². The van der Waals surface area contributed by atoms with Gasteiger partial charge in [0.05, 0.1) is 5.25 Å². The van der Waals surface area contributed by atoms with Gasteiger partial charge >= 0.3 is 10.2 Å². The molecule has 0 saturated heterocycles. The Morgan fingerprint density at radius 2 is 1.80 bits per heavy atom. The zero-order valence-electron chi connectivity index (χ0n) is 6.46. The van der Waals surface area contributed by atoms with Crippen LogP contribution in [0.25, 0.3) is 0 Å². The first kappa shape index (κ1) is 9.88. The van der Waals surface area contributed by atoms with Gasteiger partial charge in [-0.15, -0.1) is 3.89 Å². The molecule has 10 heavy (non-hydrogen) atoms. The van der Waals surface area contributed by atoms with E-state index in [9.17, 15) is 12.3 Å². The summed E-state index contributed by atoms with van der Waals surface area (Å²) in [7, 11) is -4.31. The highest BCUT2D eigenvalue weighted by Crippen LogP contribution is 2.16. The smallest absolute Gasteiger partial charge is 0.195 e. The number of rotatable bonds is 3. The normalized spacial score (nSPS) is 15.7. The van der Waals surface area contributed by atoms with E-state index in [1.165, 1.54) is 0 Å². The molecule has 1 atom stereocenters. The quantitative estimate of drug-likeness (QED) is 0.601. The van der Waals surface area contributed by atoms with Gasteiger partial charge in [-0.3, -0.25) is 0 Å². The minimum absolute atomic E-state index is 0.139. The minimum atomic E-state index is -4.31. The van der Waals surface area contributed by atoms with E-state index in [1.54, 1.807) is 20.8 Å². The molecule has 0 rings (SSSR count). The molecule has 0 amide bonds. The lowest BCUT2D eigenvalue weighted by Gasteiger charge is -2.12. The van der Waals surface area contributed by atoms with E-state index in [2.05, 4.69) is 0 Å². The molecule has 0 heterocycles. The monoisotopic (exact) mass is 168 g/mol. The van der Waals surface area contributed by atoms with Gasteiger partial charge in [-0.1, -0.05) is 20.8 Å². The Morgan fingerprint density at radius 1 is 1.40 bits per heavy atom. The van der Waals surface area contributed by atoms with Crippen molar-refractivity contribution in [1.29, 1.82) is 0 Å². The molecule has 0 aromatic carbocycles. The summed E-state index contributed by atoms with van der Waals surface area (Å²) in [4.78, 5) is 0. The average molecular weight is 168 g/mol. The third-order valence-corrected chi connectivity index (χ3v) is 3.11. The van der Waals surface area contributed by atoms with Gasteiger partial charge in [0.15, 0.2) is 0 Å². The van der Waals surface area contributed by atoms with E-state index in [-0.39, 0.29) is 5.92 Å². The van der Waals surface area contributed by atoms with E-state index < -0.39 is 15.5 Å². The topological polar surface area (TPSA) is 34.1 Å². The fourth-order valence-electron chi connectivity index (χ4n) is 0.996. The highest BCUT2D eigenvalue weighted by molar-refractivity contribution is 7.87. The molecule has 1 unspecified atom stereocenters. The van der Waals surface area contributed by atoms with Crippen LogP contribution >= 0.6 is 0 Å². The van der Waals surface area contributed by atoms with E-state index in [0.717, 1.165) is 0 Å². The maximum absolute atomic E-state index is 12.3. The molecule has 2 nitrogen and oxygen atoms in total. The molecule has 4 heteroatoms. The Balaban J connectivity index is 4.38. The van der Waals surface area contributed by atoms with Crippen molar-refractivity contribution in [3.05, 3.63) is 0 Å². The van der Waals surface area contributed by atoms with Crippen LogP contribution in [0.5, 0.6) is 0 Å². The van der Waals surface area contributed by atoms with Gasteiger partial charge in [0, 0.05) is 0 Å². The van der Waals surface area contributed by atoms with Crippen LogP contribution in [-0.4, -0.2) is 13.7 Å². The summed E-state index contributed by atoms with van der Waals surface area (Å²) in [6.45, 7) is 5.07. The Kier molecular flexibility index (Phi) is 3.28. The molecule has 62 valence electrons. The zero-order valence-corrected chi connectivity index (χ0v) is 7.28. The van der Waals surface area contributed by atoms with Gasteiger partial charge in [-0.2, -0.15) is 8.42 Å². The first-order chi connectivity index (χ1) is 4.39. The van der Waals surface area contributed by atoms with Crippen LogP contribution in [0, 0.1) is 5.92 Å². The van der Waals surface area contributed by atoms with Gasteiger partial charge in [-0.25, -0.2) is 0 Å². The summed E-state index contributed by atoms with van der Waals surface area (Å²) in [6, 6.07) is 0. The molecule has 0 aromatic rings. The molecule has 0 saturated carbocycles. The summed E-state index contributed by atoms with van der Waals surface area (Å²) in [5, 5.41) is -0.826. The van der Waals surface area contributed by atoms with Crippen molar-refractivity contribution in [3.63, 3.8) is 0 Å². The summed E-state index contributed by atoms with van der Waals surface area (Å²) < 4.78 is 33.0. The predicted molar refractivity (Wildman–Crippen MR) is 38.9 cm³/mol. The SMILES string of the molecule is CCC(C(C)C)S(=O)(=O)F. The molecule has 0 aliphatic heterocycles. The summed E-state index contributed by atoms with van der Waals surface area (Å²) in [6.07, 6.45) is 0.344. The lowest BCUT2D eigenvalue weighted by Crippen LogP contribution is -2.22. The van der Waals surface area contributed by atoms with E-state index >= 15 is 0 Å². The minimum Gasteiger partial charge on any atom is -0.195 e. The summed E-state index contributed by atoms with van der Waals surface area (Å²) >= 11 is 0. The largest absolute Gasteiger partial charge is 0.305 e. The molecular formula is C6H13FO2S. The van der Waals surface area contributed by atoms with Crippen LogP contribution in [-0.2, 0) is 10.2 Å². The van der Waals surface area contributed by atoms with Gasteiger partial charge < -0.3 is 0 Å². The molecule has 0 aliphatic rings. The van der Waals surface area contributed by atoms with E-state index in [1.807, 2.05) is 0 Å². The van der Waals surface area contributed by atoms with Crippen molar-refractivity contribution in [2.24, 2.45) is 5.92 Å². The van der Waals surface area contributed by atoms with Crippen molar-refractivity contribution in [2.75, 3.05) is 0 Å². The lowest BCUT2D eigenvalue weighted by atomic mass is 10.1. The predicted octanol–water partition coefficient (Wildman–Crippen LogP) is 1.72. The van der Waals surface area contributed by atoms with Crippen LogP contribution in [0.4, 0.5) is 3.89 Å². The number of halogens is 1. The third-order valence-electron chi connectivity index (χ3n) is 1.51. The highest BCUT2D eigenvalue weighted by atomic mass is 32.3. The number of hydrogen-bond donors (Lipinski definition) is 0. The molecule has 0 spiro atoms. The molecule has 0 bridgehead atoms. The second-order valence-electron chi connectivity index (χ2n) is 2.67. The van der Waals surface area contributed by atoms with Gasteiger partial charge in [-0.05, 0) is 12.3 Å². The maximum atomic E-state index is 12.3. The average Bonchev–Trinajstić information content (AvgIpc) is 1.60. The van der Waals surface area contributed by atoms with Gasteiger partial charge in [0.2, 0.25) is 0 Å². The standard InChI is InChI=1S/C6H13FO2S/c1-4-6(5(2)3)10(7,8)9/h5-6H,4H2,1-3H3. The summed E-state index contributed by atoms with van der Waals surface area (Å²) in [5.41, 5.74) is 0. The molecule has 0 N–H and O–H groups in total. The van der Waals surface area contributed by atoms with Crippen molar-refractivity contribution in [1.82, 2.24) is 0 Å². The zero-order chi connectivity index (χ0) is 8.36. The molecule has 0 aliphatic carbocycles. The molecule has 0 aromatic heterocycles. The van der Waals surface area contributed by atoms with Gasteiger partial charge in [0.1, 0.15) is 0 Å². The Bertz CT molecular complexity index is 184. The van der Waals surface area contributed by atoms with Crippen LogP contribution in [0.2, 0.25) is 0 Å². The van der Waals surface area contributed by atoms with Crippen molar-refractivity contribution < 1.29 is 12.3 Å². The van der Waals surface area contributed by atoms with Gasteiger partial charge in [0.25, 0.3) is 0 Å². The highest BCUT2D eigenvalue weighted by Gasteiger charge is 2.25. The third kappa shape index (κ3) is 2.64. The first-order valence-electron chi connectivity index (χ1n) is 3.33. The molecular weight excluding hydrogens is 155 g/mol. The van der Waals surface area contributed by atoms with Crippen LogP contribution in [0.3, 0.4) is 0 Å². The van der Waals surface area contributed by atoms with E-state index in [4.69, 9.17) is 0 Å². The van der Waals surface area contributed by atoms with Crippen LogP contribution in [0.15, 0.2) is 0 Å². The fourth-order valence-corrected chi connectivity index (χ4v) is 2.04. The van der Waals surface area contributed by atoms with Crippen LogP contribution in [0.1, 0.15) is 27.2 Å².